The van der Waals surface area contributed by atoms with Gasteiger partial charge in [0.05, 0.1) is 6.20 Å². The number of nitrogens with zero attached hydrogens (tertiary/aromatic N) is 3. The number of benzene rings is 1. The van der Waals surface area contributed by atoms with E-state index in [1.807, 2.05) is 0 Å². The molecule has 0 saturated carbocycles. The monoisotopic (exact) mass is 311 g/mol. The first-order chi connectivity index (χ1) is 11.1. The van der Waals surface area contributed by atoms with Crippen molar-refractivity contribution in [2.45, 2.75) is 6.04 Å². The lowest BCUT2D eigenvalue weighted by Gasteiger charge is -2.10. The molecule has 0 radical (unpaired) electrons. The summed E-state index contributed by atoms with van der Waals surface area (Å²) in [5, 5.41) is 5.27. The van der Waals surface area contributed by atoms with Crippen molar-refractivity contribution in [2.24, 2.45) is 0 Å². The molecule has 8 heteroatoms. The molecule has 1 fully saturated rings. The highest BCUT2D eigenvalue weighted by atomic mass is 16.2. The van der Waals surface area contributed by atoms with Crippen LogP contribution >= 0.6 is 0 Å². The van der Waals surface area contributed by atoms with Crippen molar-refractivity contribution in [1.82, 2.24) is 20.2 Å². The maximum atomic E-state index is 12.0. The predicted octanol–water partition coefficient (Wildman–Crippen LogP) is 0.952. The average molecular weight is 311 g/mol. The zero-order valence-corrected chi connectivity index (χ0v) is 12.2. The van der Waals surface area contributed by atoms with E-state index in [0.717, 1.165) is 4.90 Å². The third kappa shape index (κ3) is 2.86. The van der Waals surface area contributed by atoms with Gasteiger partial charge in [-0.3, -0.25) is 19.5 Å². The van der Waals surface area contributed by atoms with E-state index in [2.05, 4.69) is 20.6 Å². The van der Waals surface area contributed by atoms with Crippen LogP contribution in [0.4, 0.5) is 10.5 Å². The van der Waals surface area contributed by atoms with Crippen molar-refractivity contribution < 1.29 is 14.4 Å². The van der Waals surface area contributed by atoms with Gasteiger partial charge in [0, 0.05) is 25.1 Å². The Bertz CT molecular complexity index is 760. The Morgan fingerprint density at radius 2 is 1.96 bits per heavy atom. The molecule has 4 amide bonds. The van der Waals surface area contributed by atoms with Gasteiger partial charge >= 0.3 is 6.03 Å². The van der Waals surface area contributed by atoms with Gasteiger partial charge in [-0.1, -0.05) is 12.1 Å². The van der Waals surface area contributed by atoms with Crippen LogP contribution in [0.15, 0.2) is 42.9 Å². The van der Waals surface area contributed by atoms with E-state index in [4.69, 9.17) is 0 Å². The fourth-order valence-electron chi connectivity index (χ4n) is 2.17. The Morgan fingerprint density at radius 1 is 1.22 bits per heavy atom. The van der Waals surface area contributed by atoms with E-state index in [9.17, 15) is 14.4 Å². The summed E-state index contributed by atoms with van der Waals surface area (Å²) in [6.07, 6.45) is 4.28. The topological polar surface area (TPSA) is 104 Å². The van der Waals surface area contributed by atoms with Crippen molar-refractivity contribution in [2.75, 3.05) is 12.4 Å². The second-order valence-electron chi connectivity index (χ2n) is 4.95. The number of hydrogen-bond acceptors (Lipinski definition) is 5. The van der Waals surface area contributed by atoms with Gasteiger partial charge in [0.1, 0.15) is 11.7 Å². The number of imide groups is 1. The smallest absolute Gasteiger partial charge is 0.322 e. The third-order valence-electron chi connectivity index (χ3n) is 3.45. The molecule has 1 unspecified atom stereocenters. The SMILES string of the molecule is CN1C(=O)NC(c2ccc(NC(=O)c3cnccn3)cc2)C1=O. The van der Waals surface area contributed by atoms with Gasteiger partial charge in [0.15, 0.2) is 0 Å². The lowest BCUT2D eigenvalue weighted by Crippen LogP contribution is -2.25. The van der Waals surface area contributed by atoms with Gasteiger partial charge in [-0.15, -0.1) is 0 Å². The van der Waals surface area contributed by atoms with Gasteiger partial charge in [0.2, 0.25) is 0 Å². The van der Waals surface area contributed by atoms with Crippen LogP contribution in [0.1, 0.15) is 22.1 Å². The van der Waals surface area contributed by atoms with Gasteiger partial charge in [-0.25, -0.2) is 9.78 Å². The van der Waals surface area contributed by atoms with Gasteiger partial charge < -0.3 is 10.6 Å². The molecule has 1 aliphatic rings. The zero-order chi connectivity index (χ0) is 16.4. The highest BCUT2D eigenvalue weighted by Crippen LogP contribution is 2.22. The quantitative estimate of drug-likeness (QED) is 0.821. The fraction of sp³-hybridized carbons (Fsp3) is 0.133. The van der Waals surface area contributed by atoms with Crippen LogP contribution in [0, 0.1) is 0 Å². The largest absolute Gasteiger partial charge is 0.324 e. The number of aromatic nitrogens is 2. The normalized spacial score (nSPS) is 17.1. The molecule has 2 aromatic rings. The summed E-state index contributed by atoms with van der Waals surface area (Å²) in [6, 6.07) is 5.53. The van der Waals surface area contributed by atoms with E-state index < -0.39 is 12.1 Å². The first-order valence-electron chi connectivity index (χ1n) is 6.81. The van der Waals surface area contributed by atoms with Crippen LogP contribution in [-0.4, -0.2) is 39.8 Å². The molecule has 1 aromatic carbocycles. The van der Waals surface area contributed by atoms with Crippen LogP contribution < -0.4 is 10.6 Å². The number of rotatable bonds is 3. The highest BCUT2D eigenvalue weighted by Gasteiger charge is 2.36. The van der Waals surface area contributed by atoms with E-state index >= 15 is 0 Å². The fourth-order valence-corrected chi connectivity index (χ4v) is 2.17. The van der Waals surface area contributed by atoms with Crippen LogP contribution in [0.5, 0.6) is 0 Å². The molecular weight excluding hydrogens is 298 g/mol. The molecule has 0 bridgehead atoms. The van der Waals surface area contributed by atoms with Crippen molar-refractivity contribution in [3.8, 4) is 0 Å². The van der Waals surface area contributed by atoms with E-state index in [-0.39, 0.29) is 17.5 Å². The summed E-state index contributed by atoms with van der Waals surface area (Å²) in [5.41, 5.74) is 1.40. The molecule has 1 saturated heterocycles. The maximum absolute atomic E-state index is 12.0. The van der Waals surface area contributed by atoms with E-state index in [1.54, 1.807) is 24.3 Å². The van der Waals surface area contributed by atoms with Crippen molar-refractivity contribution >= 4 is 23.5 Å². The number of amides is 4. The number of hydrogen-bond donors (Lipinski definition) is 2. The molecule has 0 spiro atoms. The molecule has 2 N–H and O–H groups in total. The minimum atomic E-state index is -0.697. The minimum Gasteiger partial charge on any atom is -0.322 e. The number of anilines is 1. The van der Waals surface area contributed by atoms with Crippen LogP contribution in [0.2, 0.25) is 0 Å². The Labute approximate surface area is 131 Å². The van der Waals surface area contributed by atoms with Gasteiger partial charge in [0.25, 0.3) is 11.8 Å². The minimum absolute atomic E-state index is 0.205. The number of carbonyl (C=O) groups excluding carboxylic acids is 3. The molecule has 1 aromatic heterocycles. The molecule has 2 heterocycles. The summed E-state index contributed by atoms with van der Waals surface area (Å²) < 4.78 is 0. The number of carbonyl (C=O) groups is 3. The number of urea groups is 1. The summed E-state index contributed by atoms with van der Waals surface area (Å²) in [4.78, 5) is 44.1. The van der Waals surface area contributed by atoms with Gasteiger partial charge in [-0.2, -0.15) is 0 Å². The summed E-state index contributed by atoms with van der Waals surface area (Å²) in [6.45, 7) is 0. The Kier molecular flexibility index (Phi) is 3.71. The van der Waals surface area contributed by atoms with Crippen LogP contribution in [-0.2, 0) is 4.79 Å². The molecule has 1 atom stereocenters. The van der Waals surface area contributed by atoms with Crippen molar-refractivity contribution in [1.29, 1.82) is 0 Å². The predicted molar refractivity (Wildman–Crippen MR) is 80.5 cm³/mol. The molecule has 3 rings (SSSR count). The van der Waals surface area contributed by atoms with E-state index in [1.165, 1.54) is 25.6 Å². The van der Waals surface area contributed by atoms with Gasteiger partial charge in [-0.05, 0) is 17.7 Å². The molecular formula is C15H13N5O3. The molecule has 0 aliphatic carbocycles. The Morgan fingerprint density at radius 3 is 2.52 bits per heavy atom. The number of likely N-dealkylation sites (N-methyl/N-ethyl adjacent to an activating group) is 1. The van der Waals surface area contributed by atoms with Crippen molar-refractivity contribution in [3.05, 3.63) is 54.1 Å². The molecule has 8 nitrogen and oxygen atoms in total. The van der Waals surface area contributed by atoms with E-state index in [0.29, 0.717) is 11.3 Å². The molecule has 23 heavy (non-hydrogen) atoms. The molecule has 116 valence electrons. The first-order valence-corrected chi connectivity index (χ1v) is 6.81. The summed E-state index contributed by atoms with van der Waals surface area (Å²) in [7, 11) is 1.42. The molecule has 1 aliphatic heterocycles. The lowest BCUT2D eigenvalue weighted by atomic mass is 10.1. The second kappa shape index (κ2) is 5.84. The first kappa shape index (κ1) is 14.6. The number of nitrogens with one attached hydrogen (secondary N) is 2. The van der Waals surface area contributed by atoms with Crippen LogP contribution in [0.25, 0.3) is 0 Å². The summed E-state index contributed by atoms with van der Waals surface area (Å²) in [5.74, 6) is -0.692. The standard InChI is InChI=1S/C15H13N5O3/c1-20-14(22)12(19-15(20)23)9-2-4-10(5-3-9)18-13(21)11-8-16-6-7-17-11/h2-8,12H,1H3,(H,18,21)(H,19,23). The lowest BCUT2D eigenvalue weighted by molar-refractivity contribution is -0.126. The highest BCUT2D eigenvalue weighted by molar-refractivity contribution is 6.04. The third-order valence-corrected chi connectivity index (χ3v) is 3.45. The van der Waals surface area contributed by atoms with Crippen LogP contribution in [0.3, 0.4) is 0 Å². The maximum Gasteiger partial charge on any atom is 0.324 e. The Balaban J connectivity index is 1.72. The Hall–Kier alpha value is -3.29. The summed E-state index contributed by atoms with van der Waals surface area (Å²) >= 11 is 0. The van der Waals surface area contributed by atoms with Crippen molar-refractivity contribution in [3.63, 3.8) is 0 Å². The second-order valence-corrected chi connectivity index (χ2v) is 4.95. The average Bonchev–Trinajstić information content (AvgIpc) is 2.84. The zero-order valence-electron chi connectivity index (χ0n) is 12.2.